The van der Waals surface area contributed by atoms with E-state index < -0.39 is 0 Å². The maximum atomic E-state index is 11.2. The quantitative estimate of drug-likeness (QED) is 0.854. The summed E-state index contributed by atoms with van der Waals surface area (Å²) in [6.07, 6.45) is 0.393. The zero-order valence-electron chi connectivity index (χ0n) is 8.95. The minimum Gasteiger partial charge on any atom is -0.351 e. The second-order valence-electron chi connectivity index (χ2n) is 3.47. The molecular formula is C10H17ClN2OS. The number of nitrogens with one attached hydrogen (secondary N) is 1. The van der Waals surface area contributed by atoms with Crippen LogP contribution < -0.4 is 11.1 Å². The highest BCUT2D eigenvalue weighted by Crippen LogP contribution is 2.14. The van der Waals surface area contributed by atoms with Crippen molar-refractivity contribution in [1.82, 2.24) is 5.32 Å². The van der Waals surface area contributed by atoms with Gasteiger partial charge in [0.25, 0.3) is 0 Å². The van der Waals surface area contributed by atoms with E-state index in [2.05, 4.69) is 18.3 Å². The molecule has 0 saturated heterocycles. The van der Waals surface area contributed by atoms with Gasteiger partial charge in [-0.1, -0.05) is 0 Å². The average molecular weight is 249 g/mol. The summed E-state index contributed by atoms with van der Waals surface area (Å²) in [7, 11) is 0. The summed E-state index contributed by atoms with van der Waals surface area (Å²) in [5.74, 6) is 0.0195. The van der Waals surface area contributed by atoms with Crippen LogP contribution in [0.4, 0.5) is 0 Å². The fraction of sp³-hybridized carbons (Fsp3) is 0.500. The molecule has 3 nitrogen and oxygen atoms in total. The van der Waals surface area contributed by atoms with Crippen molar-refractivity contribution < 1.29 is 4.79 Å². The molecule has 1 heterocycles. The zero-order chi connectivity index (χ0) is 10.6. The molecule has 5 heteroatoms. The Bertz CT molecular complexity index is 312. The van der Waals surface area contributed by atoms with Gasteiger partial charge in [-0.15, -0.1) is 23.7 Å². The molecule has 1 aromatic rings. The molecule has 0 aliphatic rings. The Hall–Kier alpha value is -0.580. The van der Waals surface area contributed by atoms with Gasteiger partial charge in [-0.05, 0) is 26.0 Å². The van der Waals surface area contributed by atoms with E-state index in [0.717, 1.165) is 0 Å². The number of hydrogen-bond acceptors (Lipinski definition) is 3. The van der Waals surface area contributed by atoms with Crippen LogP contribution in [-0.4, -0.2) is 11.9 Å². The zero-order valence-corrected chi connectivity index (χ0v) is 10.6. The molecule has 1 amide bonds. The SMILES string of the molecule is Cc1ccc(CNC(=O)CC(C)N)s1.Cl. The molecular weight excluding hydrogens is 232 g/mol. The van der Waals surface area contributed by atoms with E-state index in [4.69, 9.17) is 5.73 Å². The molecule has 0 spiro atoms. The van der Waals surface area contributed by atoms with Gasteiger partial charge in [-0.2, -0.15) is 0 Å². The number of thiophene rings is 1. The summed E-state index contributed by atoms with van der Waals surface area (Å²) in [5, 5.41) is 2.84. The molecule has 0 bridgehead atoms. The highest BCUT2D eigenvalue weighted by atomic mass is 35.5. The first-order chi connectivity index (χ1) is 6.58. The van der Waals surface area contributed by atoms with Crippen molar-refractivity contribution in [2.24, 2.45) is 5.73 Å². The smallest absolute Gasteiger partial charge is 0.221 e. The Balaban J connectivity index is 0.00000196. The van der Waals surface area contributed by atoms with Gasteiger partial charge in [0.2, 0.25) is 5.91 Å². The van der Waals surface area contributed by atoms with Crippen LogP contribution in [-0.2, 0) is 11.3 Å². The summed E-state index contributed by atoms with van der Waals surface area (Å²) in [6.45, 7) is 4.50. The maximum absolute atomic E-state index is 11.2. The van der Waals surface area contributed by atoms with Crippen molar-refractivity contribution in [3.05, 3.63) is 21.9 Å². The van der Waals surface area contributed by atoms with E-state index in [1.54, 1.807) is 11.3 Å². The largest absolute Gasteiger partial charge is 0.351 e. The van der Waals surface area contributed by atoms with Crippen molar-refractivity contribution in [1.29, 1.82) is 0 Å². The number of nitrogens with two attached hydrogens (primary N) is 1. The molecule has 1 aromatic heterocycles. The number of aryl methyl sites for hydroxylation is 1. The van der Waals surface area contributed by atoms with Gasteiger partial charge in [-0.25, -0.2) is 0 Å². The van der Waals surface area contributed by atoms with Gasteiger partial charge >= 0.3 is 0 Å². The number of carbonyl (C=O) groups excluding carboxylic acids is 1. The van der Waals surface area contributed by atoms with Crippen molar-refractivity contribution in [3.63, 3.8) is 0 Å². The lowest BCUT2D eigenvalue weighted by molar-refractivity contribution is -0.121. The molecule has 1 atom stereocenters. The molecule has 1 rings (SSSR count). The van der Waals surface area contributed by atoms with Gasteiger partial charge < -0.3 is 11.1 Å². The predicted octanol–water partition coefficient (Wildman–Crippen LogP) is 1.83. The third-order valence-electron chi connectivity index (χ3n) is 1.76. The summed E-state index contributed by atoms with van der Waals surface area (Å²) in [6, 6.07) is 4.02. The van der Waals surface area contributed by atoms with Crippen LogP contribution in [0.15, 0.2) is 12.1 Å². The molecule has 0 aliphatic heterocycles. The topological polar surface area (TPSA) is 55.1 Å². The summed E-state index contributed by atoms with van der Waals surface area (Å²) < 4.78 is 0. The minimum atomic E-state index is -0.0694. The number of hydrogen-bond donors (Lipinski definition) is 2. The van der Waals surface area contributed by atoms with Crippen molar-refractivity contribution in [2.75, 3.05) is 0 Å². The highest BCUT2D eigenvalue weighted by molar-refractivity contribution is 7.11. The van der Waals surface area contributed by atoms with E-state index in [1.807, 2.05) is 13.0 Å². The van der Waals surface area contributed by atoms with Gasteiger partial charge in [0.15, 0.2) is 0 Å². The van der Waals surface area contributed by atoms with E-state index >= 15 is 0 Å². The Morgan fingerprint density at radius 3 is 2.73 bits per heavy atom. The highest BCUT2D eigenvalue weighted by Gasteiger charge is 2.04. The minimum absolute atomic E-state index is 0. The van der Waals surface area contributed by atoms with Crippen LogP contribution in [0.2, 0.25) is 0 Å². The van der Waals surface area contributed by atoms with Gasteiger partial charge in [0.05, 0.1) is 6.54 Å². The summed E-state index contributed by atoms with van der Waals surface area (Å²) in [4.78, 5) is 13.7. The fourth-order valence-electron chi connectivity index (χ4n) is 1.13. The van der Waals surface area contributed by atoms with Gasteiger partial charge in [0, 0.05) is 22.2 Å². The predicted molar refractivity (Wildman–Crippen MR) is 66.4 cm³/mol. The van der Waals surface area contributed by atoms with Crippen molar-refractivity contribution in [3.8, 4) is 0 Å². The monoisotopic (exact) mass is 248 g/mol. The van der Waals surface area contributed by atoms with Crippen molar-refractivity contribution >= 4 is 29.7 Å². The maximum Gasteiger partial charge on any atom is 0.221 e. The second-order valence-corrected chi connectivity index (χ2v) is 4.84. The molecule has 0 aliphatic carbocycles. The van der Waals surface area contributed by atoms with Gasteiger partial charge in [0.1, 0.15) is 0 Å². The van der Waals surface area contributed by atoms with Crippen LogP contribution in [0, 0.1) is 6.92 Å². The third-order valence-corrected chi connectivity index (χ3v) is 2.76. The fourth-order valence-corrected chi connectivity index (χ4v) is 1.96. The van der Waals surface area contributed by atoms with Crippen molar-refractivity contribution in [2.45, 2.75) is 32.9 Å². The lowest BCUT2D eigenvalue weighted by atomic mass is 10.2. The molecule has 3 N–H and O–H groups in total. The molecule has 0 fully saturated rings. The van der Waals surface area contributed by atoms with E-state index in [1.165, 1.54) is 9.75 Å². The van der Waals surface area contributed by atoms with E-state index in [-0.39, 0.29) is 24.4 Å². The number of rotatable bonds is 4. The molecule has 0 radical (unpaired) electrons. The molecule has 0 aromatic carbocycles. The third kappa shape index (κ3) is 5.77. The number of halogens is 1. The summed E-state index contributed by atoms with van der Waals surface area (Å²) in [5.41, 5.74) is 5.51. The molecule has 0 saturated carbocycles. The molecule has 86 valence electrons. The van der Waals surface area contributed by atoms with E-state index in [0.29, 0.717) is 13.0 Å². The lowest BCUT2D eigenvalue weighted by Crippen LogP contribution is -2.29. The van der Waals surface area contributed by atoms with Crippen LogP contribution >= 0.6 is 23.7 Å². The Morgan fingerprint density at radius 2 is 2.27 bits per heavy atom. The Morgan fingerprint density at radius 1 is 1.60 bits per heavy atom. The lowest BCUT2D eigenvalue weighted by Gasteiger charge is -2.05. The second kappa shape index (κ2) is 6.82. The first kappa shape index (κ1) is 14.4. The average Bonchev–Trinajstić information content (AvgIpc) is 2.47. The molecule has 15 heavy (non-hydrogen) atoms. The summed E-state index contributed by atoms with van der Waals surface area (Å²) >= 11 is 1.70. The number of carbonyl (C=O) groups is 1. The first-order valence-electron chi connectivity index (χ1n) is 4.65. The van der Waals surface area contributed by atoms with Crippen LogP contribution in [0.3, 0.4) is 0 Å². The van der Waals surface area contributed by atoms with Crippen LogP contribution in [0.25, 0.3) is 0 Å². The van der Waals surface area contributed by atoms with E-state index in [9.17, 15) is 4.79 Å². The number of amides is 1. The first-order valence-corrected chi connectivity index (χ1v) is 5.47. The Kier molecular flexibility index (Phi) is 6.56. The normalized spacial score (nSPS) is 11.7. The van der Waals surface area contributed by atoms with Crippen LogP contribution in [0.5, 0.6) is 0 Å². The van der Waals surface area contributed by atoms with Gasteiger partial charge in [-0.3, -0.25) is 4.79 Å². The molecule has 1 unspecified atom stereocenters. The standard InChI is InChI=1S/C10H16N2OS.ClH/c1-7(11)5-10(13)12-6-9-4-3-8(2)14-9;/h3-4,7H,5-6,11H2,1-2H3,(H,12,13);1H. The Labute approximate surface area is 100 Å². The van der Waals surface area contributed by atoms with Crippen LogP contribution in [0.1, 0.15) is 23.1 Å².